The number of nitrogens with zero attached hydrogens (tertiary/aromatic N) is 2. The van der Waals surface area contributed by atoms with E-state index in [1.807, 2.05) is 30.3 Å². The van der Waals surface area contributed by atoms with Crippen molar-refractivity contribution in [2.24, 2.45) is 7.05 Å². The van der Waals surface area contributed by atoms with Crippen LogP contribution in [0.5, 0.6) is 0 Å². The molecular formula is C19H18ClN3O2. The van der Waals surface area contributed by atoms with Crippen molar-refractivity contribution in [2.75, 3.05) is 5.32 Å². The average Bonchev–Trinajstić information content (AvgIpc) is 2.81. The maximum absolute atomic E-state index is 12.8. The highest BCUT2D eigenvalue weighted by Crippen LogP contribution is 2.15. The van der Waals surface area contributed by atoms with Gasteiger partial charge in [0.2, 0.25) is 5.91 Å². The van der Waals surface area contributed by atoms with Crippen LogP contribution in [-0.4, -0.2) is 15.3 Å². The summed E-state index contributed by atoms with van der Waals surface area (Å²) < 4.78 is 3.27. The Morgan fingerprint density at radius 1 is 1.08 bits per heavy atom. The number of aromatic nitrogens is 2. The molecule has 1 amide bonds. The van der Waals surface area contributed by atoms with Gasteiger partial charge in [-0.3, -0.25) is 14.3 Å². The van der Waals surface area contributed by atoms with E-state index in [1.54, 1.807) is 42.9 Å². The number of halogens is 1. The summed E-state index contributed by atoms with van der Waals surface area (Å²) in [6.07, 6.45) is 0.177. The van der Waals surface area contributed by atoms with E-state index in [2.05, 4.69) is 5.32 Å². The van der Waals surface area contributed by atoms with Crippen molar-refractivity contribution in [3.63, 3.8) is 0 Å². The van der Waals surface area contributed by atoms with Gasteiger partial charge in [-0.05, 0) is 36.8 Å². The molecule has 2 aromatic carbocycles. The van der Waals surface area contributed by atoms with Crippen LogP contribution in [0.1, 0.15) is 11.3 Å². The molecule has 0 aliphatic carbocycles. The van der Waals surface area contributed by atoms with Crippen LogP contribution < -0.4 is 10.9 Å². The molecule has 5 nitrogen and oxygen atoms in total. The summed E-state index contributed by atoms with van der Waals surface area (Å²) in [7, 11) is 1.79. The highest BCUT2D eigenvalue weighted by Gasteiger charge is 2.18. The molecule has 3 rings (SSSR count). The fourth-order valence-corrected chi connectivity index (χ4v) is 2.81. The average molecular weight is 356 g/mol. The van der Waals surface area contributed by atoms with Crippen LogP contribution in [0.15, 0.2) is 59.4 Å². The fourth-order valence-electron chi connectivity index (χ4n) is 2.68. The molecule has 0 atom stereocenters. The van der Waals surface area contributed by atoms with E-state index in [1.165, 1.54) is 4.68 Å². The van der Waals surface area contributed by atoms with E-state index in [-0.39, 0.29) is 17.9 Å². The first kappa shape index (κ1) is 17.0. The zero-order valence-electron chi connectivity index (χ0n) is 14.0. The first-order valence-corrected chi connectivity index (χ1v) is 8.23. The molecule has 0 spiro atoms. The second-order valence-electron chi connectivity index (χ2n) is 5.79. The van der Waals surface area contributed by atoms with Crippen LogP contribution in [0.4, 0.5) is 5.69 Å². The lowest BCUT2D eigenvalue weighted by Gasteiger charge is -2.07. The third kappa shape index (κ3) is 3.51. The molecule has 1 heterocycles. The summed E-state index contributed by atoms with van der Waals surface area (Å²) >= 11 is 5.85. The highest BCUT2D eigenvalue weighted by molar-refractivity contribution is 6.30. The second kappa shape index (κ2) is 6.99. The van der Waals surface area contributed by atoms with Crippen molar-refractivity contribution in [1.29, 1.82) is 0 Å². The fraction of sp³-hybridized carbons (Fsp3) is 0.158. The maximum atomic E-state index is 12.8. The summed E-state index contributed by atoms with van der Waals surface area (Å²) in [6, 6.07) is 16.4. The second-order valence-corrected chi connectivity index (χ2v) is 6.22. The molecule has 0 aliphatic heterocycles. The number of rotatable bonds is 4. The molecule has 0 fully saturated rings. The smallest absolute Gasteiger partial charge is 0.295 e. The third-order valence-electron chi connectivity index (χ3n) is 4.10. The molecule has 1 N–H and O–H groups in total. The normalized spacial score (nSPS) is 10.7. The zero-order valence-corrected chi connectivity index (χ0v) is 14.7. The number of amides is 1. The molecule has 0 bridgehead atoms. The first-order chi connectivity index (χ1) is 12.0. The minimum atomic E-state index is -0.254. The van der Waals surface area contributed by atoms with Crippen molar-refractivity contribution in [1.82, 2.24) is 9.36 Å². The minimum absolute atomic E-state index is 0.177. The quantitative estimate of drug-likeness (QED) is 0.780. The van der Waals surface area contributed by atoms with E-state index >= 15 is 0 Å². The molecule has 1 aromatic heterocycles. The Morgan fingerprint density at radius 2 is 1.72 bits per heavy atom. The van der Waals surface area contributed by atoms with E-state index < -0.39 is 0 Å². The number of carbonyl (C=O) groups is 1. The highest BCUT2D eigenvalue weighted by atomic mass is 35.5. The lowest BCUT2D eigenvalue weighted by atomic mass is 10.1. The van der Waals surface area contributed by atoms with Gasteiger partial charge in [0, 0.05) is 12.1 Å². The van der Waals surface area contributed by atoms with Gasteiger partial charge in [0.05, 0.1) is 17.8 Å². The molecule has 3 aromatic rings. The van der Waals surface area contributed by atoms with Gasteiger partial charge in [0.25, 0.3) is 5.56 Å². The van der Waals surface area contributed by atoms with Gasteiger partial charge in [0.1, 0.15) is 5.69 Å². The Balaban J connectivity index is 1.87. The van der Waals surface area contributed by atoms with Crippen molar-refractivity contribution in [3.05, 3.63) is 81.2 Å². The molecule has 128 valence electrons. The van der Waals surface area contributed by atoms with Crippen molar-refractivity contribution >= 4 is 23.2 Å². The number of hydrogen-bond acceptors (Lipinski definition) is 2. The van der Waals surface area contributed by atoms with Crippen molar-refractivity contribution in [3.8, 4) is 5.69 Å². The lowest BCUT2D eigenvalue weighted by Crippen LogP contribution is -2.23. The van der Waals surface area contributed by atoms with Crippen molar-refractivity contribution in [2.45, 2.75) is 13.3 Å². The molecule has 0 saturated heterocycles. The van der Waals surface area contributed by atoms with Gasteiger partial charge in [-0.25, -0.2) is 4.68 Å². The summed E-state index contributed by atoms with van der Waals surface area (Å²) in [5, 5.41) is 3.37. The number of benzene rings is 2. The molecule has 25 heavy (non-hydrogen) atoms. The largest absolute Gasteiger partial charge is 0.320 e. The van der Waals surface area contributed by atoms with Gasteiger partial charge in [-0.2, -0.15) is 0 Å². The van der Waals surface area contributed by atoms with Crippen LogP contribution in [0.3, 0.4) is 0 Å². The van der Waals surface area contributed by atoms with Crippen molar-refractivity contribution < 1.29 is 4.79 Å². The summed E-state index contributed by atoms with van der Waals surface area (Å²) in [5.41, 5.74) is 2.31. The van der Waals surface area contributed by atoms with Gasteiger partial charge in [-0.1, -0.05) is 41.9 Å². The molecule has 0 radical (unpaired) electrons. The molecule has 6 heteroatoms. The topological polar surface area (TPSA) is 56.0 Å². The SMILES string of the molecule is Cc1c(NC(=O)Cc2ccc(Cl)cc2)c(=O)n(-c2ccccc2)n1C. The van der Waals surface area contributed by atoms with E-state index in [4.69, 9.17) is 11.6 Å². The monoisotopic (exact) mass is 355 g/mol. The molecule has 0 unspecified atom stereocenters. The third-order valence-corrected chi connectivity index (χ3v) is 4.35. The van der Waals surface area contributed by atoms with Crippen LogP contribution >= 0.6 is 11.6 Å². The standard InChI is InChI=1S/C19H18ClN3O2/c1-13-18(21-17(24)12-14-8-10-15(20)11-9-14)19(25)23(22(13)2)16-6-4-3-5-7-16/h3-11H,12H2,1-2H3,(H,21,24). The van der Waals surface area contributed by atoms with E-state index in [0.717, 1.165) is 11.3 Å². The van der Waals surface area contributed by atoms with Crippen LogP contribution in [0.2, 0.25) is 5.02 Å². The molecule has 0 aliphatic rings. The van der Waals surface area contributed by atoms with Crippen LogP contribution in [0.25, 0.3) is 5.69 Å². The molecule has 0 saturated carbocycles. The Hall–Kier alpha value is -2.79. The lowest BCUT2D eigenvalue weighted by molar-refractivity contribution is -0.115. The number of carbonyl (C=O) groups excluding carboxylic acids is 1. The summed E-state index contributed by atoms with van der Waals surface area (Å²) in [6.45, 7) is 1.80. The molecular weight excluding hydrogens is 338 g/mol. The van der Waals surface area contributed by atoms with Gasteiger partial charge >= 0.3 is 0 Å². The number of para-hydroxylation sites is 1. The Labute approximate surface area is 150 Å². The predicted octanol–water partition coefficient (Wildman–Crippen LogP) is 3.32. The Bertz CT molecular complexity index is 957. The van der Waals surface area contributed by atoms with Crippen LogP contribution in [0, 0.1) is 6.92 Å². The van der Waals surface area contributed by atoms with Gasteiger partial charge in [0.15, 0.2) is 0 Å². The van der Waals surface area contributed by atoms with E-state index in [9.17, 15) is 9.59 Å². The number of anilines is 1. The number of hydrogen-bond donors (Lipinski definition) is 1. The summed E-state index contributed by atoms with van der Waals surface area (Å²) in [4.78, 5) is 25.1. The van der Waals surface area contributed by atoms with Gasteiger partial charge in [-0.15, -0.1) is 0 Å². The maximum Gasteiger partial charge on any atom is 0.295 e. The first-order valence-electron chi connectivity index (χ1n) is 7.85. The summed E-state index contributed by atoms with van der Waals surface area (Å²) in [5.74, 6) is -0.242. The van der Waals surface area contributed by atoms with E-state index in [0.29, 0.717) is 16.4 Å². The van der Waals surface area contributed by atoms with Gasteiger partial charge < -0.3 is 5.32 Å². The minimum Gasteiger partial charge on any atom is -0.320 e. The van der Waals surface area contributed by atoms with Crippen LogP contribution in [-0.2, 0) is 18.3 Å². The predicted molar refractivity (Wildman–Crippen MR) is 99.5 cm³/mol. The Kier molecular flexibility index (Phi) is 4.76. The Morgan fingerprint density at radius 3 is 2.36 bits per heavy atom. The number of nitrogens with one attached hydrogen (secondary N) is 1. The zero-order chi connectivity index (χ0) is 18.0.